The molecule has 0 aliphatic carbocycles. The maximum atomic E-state index is 11.1. The highest BCUT2D eigenvalue weighted by molar-refractivity contribution is 7.79. The minimum absolute atomic E-state index is 0.0516. The van der Waals surface area contributed by atoms with E-state index in [1.807, 2.05) is 42.5 Å². The Morgan fingerprint density at radius 2 is 1.93 bits per heavy atom. The molecule has 6 heteroatoms. The third-order valence-corrected chi connectivity index (χ3v) is 5.97. The van der Waals surface area contributed by atoms with E-state index < -0.39 is 11.1 Å². The summed E-state index contributed by atoms with van der Waals surface area (Å²) in [4.78, 5) is 0. The fourth-order valence-electron chi connectivity index (χ4n) is 3.74. The van der Waals surface area contributed by atoms with Gasteiger partial charge in [0.1, 0.15) is 23.9 Å². The molecule has 1 aliphatic heterocycles. The molecule has 1 N–H and O–H groups in total. The Labute approximate surface area is 178 Å². The lowest BCUT2D eigenvalue weighted by molar-refractivity contribution is 0.301. The van der Waals surface area contributed by atoms with Crippen LogP contribution < -0.4 is 14.2 Å². The van der Waals surface area contributed by atoms with E-state index in [0.29, 0.717) is 19.0 Å². The highest BCUT2D eigenvalue weighted by atomic mass is 32.2. The van der Waals surface area contributed by atoms with Crippen molar-refractivity contribution in [2.24, 2.45) is 0 Å². The summed E-state index contributed by atoms with van der Waals surface area (Å²) in [5.41, 5.74) is 5.48. The number of hydrogen-bond acceptors (Lipinski definition) is 4. The number of hydrogen-bond donors (Lipinski definition) is 1. The van der Waals surface area contributed by atoms with Crippen molar-refractivity contribution in [3.05, 3.63) is 77.4 Å². The quantitative estimate of drug-likeness (QED) is 0.544. The minimum atomic E-state index is -1.84. The second-order valence-electron chi connectivity index (χ2n) is 7.37. The van der Waals surface area contributed by atoms with Crippen molar-refractivity contribution in [3.63, 3.8) is 0 Å². The second-order valence-corrected chi connectivity index (χ2v) is 8.34. The predicted octanol–water partition coefficient (Wildman–Crippen LogP) is 4.95. The van der Waals surface area contributed by atoms with Crippen LogP contribution in [0.2, 0.25) is 0 Å². The van der Waals surface area contributed by atoms with Gasteiger partial charge in [-0.05, 0) is 53.4 Å². The first kappa shape index (κ1) is 20.4. The summed E-state index contributed by atoms with van der Waals surface area (Å²) in [5.74, 6) is 2.42. The molecule has 0 saturated carbocycles. The van der Waals surface area contributed by atoms with Crippen molar-refractivity contribution >= 4 is 11.1 Å². The van der Waals surface area contributed by atoms with Crippen molar-refractivity contribution in [1.29, 1.82) is 0 Å². The van der Waals surface area contributed by atoms with Gasteiger partial charge in [0.15, 0.2) is 11.1 Å². The largest absolute Gasteiger partial charge is 0.497 e. The summed E-state index contributed by atoms with van der Waals surface area (Å²) < 4.78 is 37.2. The molecule has 0 aromatic heterocycles. The van der Waals surface area contributed by atoms with Gasteiger partial charge in [-0.25, -0.2) is 4.21 Å². The van der Waals surface area contributed by atoms with Crippen molar-refractivity contribution in [3.8, 4) is 28.4 Å². The molecule has 0 fully saturated rings. The Hall–Kier alpha value is -2.83. The van der Waals surface area contributed by atoms with Crippen molar-refractivity contribution in [2.75, 3.05) is 19.5 Å². The van der Waals surface area contributed by atoms with Crippen molar-refractivity contribution < 1.29 is 23.0 Å². The van der Waals surface area contributed by atoms with Crippen LogP contribution in [0.1, 0.15) is 22.6 Å². The predicted molar refractivity (Wildman–Crippen MR) is 118 cm³/mol. The zero-order valence-corrected chi connectivity index (χ0v) is 17.8. The molecule has 0 bridgehead atoms. The van der Waals surface area contributed by atoms with E-state index in [-0.39, 0.29) is 11.7 Å². The molecule has 1 heterocycles. The van der Waals surface area contributed by atoms with Gasteiger partial charge < -0.3 is 18.8 Å². The fourth-order valence-corrected chi connectivity index (χ4v) is 4.36. The summed E-state index contributed by atoms with van der Waals surface area (Å²) in [6.45, 7) is 2.94. The van der Waals surface area contributed by atoms with Gasteiger partial charge in [-0.15, -0.1) is 0 Å². The van der Waals surface area contributed by atoms with E-state index in [1.165, 1.54) is 0 Å². The van der Waals surface area contributed by atoms with E-state index in [9.17, 15) is 4.21 Å². The van der Waals surface area contributed by atoms with Gasteiger partial charge >= 0.3 is 0 Å². The number of rotatable bonds is 7. The second kappa shape index (κ2) is 8.90. The van der Waals surface area contributed by atoms with Crippen LogP contribution in [0.3, 0.4) is 0 Å². The molecule has 0 saturated heterocycles. The lowest BCUT2D eigenvalue weighted by atomic mass is 9.99. The number of aryl methyl sites for hydroxylation is 1. The van der Waals surface area contributed by atoms with E-state index in [2.05, 4.69) is 25.1 Å². The monoisotopic (exact) mass is 424 g/mol. The summed E-state index contributed by atoms with van der Waals surface area (Å²) in [5, 5.41) is 0. The first-order chi connectivity index (χ1) is 14.5. The average molecular weight is 425 g/mol. The Kier molecular flexibility index (Phi) is 6.06. The van der Waals surface area contributed by atoms with Gasteiger partial charge in [-0.1, -0.05) is 30.3 Å². The topological polar surface area (TPSA) is 65.0 Å². The van der Waals surface area contributed by atoms with E-state index in [0.717, 1.165) is 39.3 Å². The maximum Gasteiger partial charge on any atom is 0.153 e. The van der Waals surface area contributed by atoms with Crippen LogP contribution >= 0.6 is 0 Å². The molecular formula is C24H24O5S. The van der Waals surface area contributed by atoms with Crippen LogP contribution in [0, 0.1) is 6.92 Å². The zero-order chi connectivity index (χ0) is 21.1. The Bertz CT molecular complexity index is 1080. The zero-order valence-electron chi connectivity index (χ0n) is 17.0. The van der Waals surface area contributed by atoms with E-state index >= 15 is 0 Å². The van der Waals surface area contributed by atoms with Gasteiger partial charge in [-0.3, -0.25) is 0 Å². The molecule has 0 amide bonds. The standard InChI is InChI=1S/C24H24O5S/c1-16-10-20(27-2)6-8-22(16)18-5-3-4-17(11-18)13-28-21-7-9-23-19(15-30(25)26)14-29-24(23)12-21/h3-12,19H,13-15H2,1-2H3,(H,25,26). The summed E-state index contributed by atoms with van der Waals surface area (Å²) in [6, 6.07) is 20.0. The number of benzene rings is 3. The smallest absolute Gasteiger partial charge is 0.153 e. The van der Waals surface area contributed by atoms with Crippen LogP contribution in [0.5, 0.6) is 17.2 Å². The van der Waals surface area contributed by atoms with Crippen LogP contribution in [-0.4, -0.2) is 28.2 Å². The number of methoxy groups -OCH3 is 1. The van der Waals surface area contributed by atoms with Crippen LogP contribution in [0.15, 0.2) is 60.7 Å². The molecule has 2 atom stereocenters. The molecule has 2 unspecified atom stereocenters. The third-order valence-electron chi connectivity index (χ3n) is 5.29. The summed E-state index contributed by atoms with van der Waals surface area (Å²) in [7, 11) is 1.67. The highest BCUT2D eigenvalue weighted by Gasteiger charge is 2.26. The fraction of sp³-hybridized carbons (Fsp3) is 0.250. The molecule has 0 spiro atoms. The Morgan fingerprint density at radius 3 is 2.70 bits per heavy atom. The highest BCUT2D eigenvalue weighted by Crippen LogP contribution is 2.37. The Balaban J connectivity index is 1.46. The molecule has 0 radical (unpaired) electrons. The third kappa shape index (κ3) is 4.50. The van der Waals surface area contributed by atoms with E-state index in [4.69, 9.17) is 18.8 Å². The Morgan fingerprint density at radius 1 is 1.10 bits per heavy atom. The number of ether oxygens (including phenoxy) is 3. The molecule has 3 aromatic rings. The minimum Gasteiger partial charge on any atom is -0.497 e. The first-order valence-corrected chi connectivity index (χ1v) is 11.0. The molecular weight excluding hydrogens is 400 g/mol. The summed E-state index contributed by atoms with van der Waals surface area (Å²) >= 11 is -1.84. The van der Waals surface area contributed by atoms with Gasteiger partial charge in [0.2, 0.25) is 0 Å². The van der Waals surface area contributed by atoms with Crippen molar-refractivity contribution in [2.45, 2.75) is 19.4 Å². The van der Waals surface area contributed by atoms with Crippen LogP contribution in [0.25, 0.3) is 11.1 Å². The van der Waals surface area contributed by atoms with Gasteiger partial charge in [0.05, 0.1) is 19.5 Å². The molecule has 156 valence electrons. The molecule has 1 aliphatic rings. The lowest BCUT2D eigenvalue weighted by Crippen LogP contribution is -2.10. The van der Waals surface area contributed by atoms with E-state index in [1.54, 1.807) is 7.11 Å². The molecule has 5 nitrogen and oxygen atoms in total. The normalized spacial score (nSPS) is 15.9. The SMILES string of the molecule is COc1ccc(-c2cccc(COc3ccc4c(c3)OCC4CS(=O)O)c2)c(C)c1. The van der Waals surface area contributed by atoms with Gasteiger partial charge in [0, 0.05) is 17.5 Å². The first-order valence-electron chi connectivity index (χ1n) is 9.74. The van der Waals surface area contributed by atoms with Gasteiger partial charge in [-0.2, -0.15) is 0 Å². The summed E-state index contributed by atoms with van der Waals surface area (Å²) in [6.07, 6.45) is 0. The molecule has 30 heavy (non-hydrogen) atoms. The molecule has 4 rings (SSSR count). The van der Waals surface area contributed by atoms with Gasteiger partial charge in [0.25, 0.3) is 0 Å². The van der Waals surface area contributed by atoms with Crippen LogP contribution in [-0.2, 0) is 17.7 Å². The lowest BCUT2D eigenvalue weighted by Gasteiger charge is -2.12. The van der Waals surface area contributed by atoms with Crippen molar-refractivity contribution in [1.82, 2.24) is 0 Å². The number of fused-ring (bicyclic) bond motifs is 1. The maximum absolute atomic E-state index is 11.1. The average Bonchev–Trinajstić information content (AvgIpc) is 3.13. The van der Waals surface area contributed by atoms with Crippen LogP contribution in [0.4, 0.5) is 0 Å². The molecule has 3 aromatic carbocycles.